The third-order valence-electron chi connectivity index (χ3n) is 0. The first-order valence-corrected chi connectivity index (χ1v) is 2.68. The molecular weight excluding hydrogens is 232 g/mol. The molecule has 0 amide bonds. The molecule has 0 rings (SSSR count). The maximum atomic E-state index is 8.44. The van der Waals surface area contributed by atoms with E-state index in [4.69, 9.17) is 35.1 Å². The van der Waals surface area contributed by atoms with Gasteiger partial charge in [0.15, 0.2) is 0 Å². The van der Waals surface area contributed by atoms with Crippen LogP contribution in [0.5, 0.6) is 0 Å². The fourth-order valence-electron chi connectivity index (χ4n) is 0. The fraction of sp³-hybridized carbons (Fsp3) is 0.600. The van der Waals surface area contributed by atoms with E-state index in [0.717, 1.165) is 0 Å². The molecule has 0 saturated carbocycles. The van der Waals surface area contributed by atoms with Gasteiger partial charge in [-0.2, -0.15) is 0 Å². The minimum absolute atomic E-state index is 0. The van der Waals surface area contributed by atoms with Gasteiger partial charge in [0.05, 0.1) is 0 Å². The third kappa shape index (κ3) is 10600. The van der Waals surface area contributed by atoms with Crippen molar-refractivity contribution in [2.45, 2.75) is 20.0 Å². The summed E-state index contributed by atoms with van der Waals surface area (Å²) in [6.07, 6.45) is -4.33. The second-order valence-corrected chi connectivity index (χ2v) is 1.63. The Morgan fingerprint density at radius 1 is 1.07 bits per heavy atom. The summed E-state index contributed by atoms with van der Waals surface area (Å²) < 4.78 is 0. The van der Waals surface area contributed by atoms with Crippen molar-refractivity contribution in [2.75, 3.05) is 0 Å². The number of rotatable bonds is 0. The Morgan fingerprint density at radius 2 is 1.07 bits per heavy atom. The van der Waals surface area contributed by atoms with E-state index in [2.05, 4.69) is 0 Å². The van der Waals surface area contributed by atoms with Gasteiger partial charge in [-0.1, -0.05) is 0 Å². The average molecular weight is 246 g/mol. The number of aliphatic hydroxyl groups is 1. The zero-order valence-corrected chi connectivity index (χ0v) is 13.3. The van der Waals surface area contributed by atoms with E-state index in [0.29, 0.717) is 0 Å². The molecule has 10 heteroatoms. The van der Waals surface area contributed by atoms with Crippen LogP contribution in [0.4, 0.5) is 9.59 Å². The molecule has 0 bridgehead atoms. The Kier molecular flexibility index (Phi) is 70.5. The van der Waals surface area contributed by atoms with Gasteiger partial charge in [-0.3, -0.25) is 0 Å². The molecule has 0 unspecified atom stereocenters. The third-order valence-corrected chi connectivity index (χ3v) is 0. The number of carboxylic acid groups (broad SMARTS) is 4. The van der Waals surface area contributed by atoms with E-state index in [1.165, 1.54) is 0 Å². The van der Waals surface area contributed by atoms with Crippen LogP contribution >= 0.6 is 0 Å². The van der Waals surface area contributed by atoms with Crippen LogP contribution in [0.2, 0.25) is 0 Å². The van der Waals surface area contributed by atoms with Crippen molar-refractivity contribution in [2.24, 2.45) is 0 Å². The molecule has 0 aliphatic heterocycles. The maximum absolute atomic E-state index is 8.44. The first-order valence-electron chi connectivity index (χ1n) is 2.68. The summed E-state index contributed by atoms with van der Waals surface area (Å²) in [7, 11) is 0. The molecule has 83 valence electrons. The van der Waals surface area contributed by atoms with Gasteiger partial charge in [0.2, 0.25) is 12.3 Å². The molecule has 0 aliphatic rings. The van der Waals surface area contributed by atoms with Crippen LogP contribution in [0.25, 0.3) is 0 Å². The van der Waals surface area contributed by atoms with E-state index in [-0.39, 0.29) is 72.8 Å². The van der Waals surface area contributed by atoms with Crippen molar-refractivity contribution in [1.82, 2.24) is 6.15 Å². The Bertz CT molecular complexity index is 115. The van der Waals surface area contributed by atoms with Crippen molar-refractivity contribution in [3.63, 3.8) is 0 Å². The number of hydrogen-bond acceptors (Lipinski definition) is 6. The maximum Gasteiger partial charge on any atom is 1.00 e. The predicted octanol–water partition coefficient (Wildman–Crippen LogP) is -7.56. The fourth-order valence-corrected chi connectivity index (χ4v) is 0. The van der Waals surface area contributed by atoms with E-state index in [1.807, 2.05) is 0 Å². The van der Waals surface area contributed by atoms with Crippen LogP contribution in [0.15, 0.2) is 0 Å². The molecular formula is C5H14NNa2O7. The Hall–Kier alpha value is 0.460. The number of carbonyl (C=O) groups is 2. The van der Waals surface area contributed by atoms with Gasteiger partial charge >= 0.3 is 59.1 Å². The van der Waals surface area contributed by atoms with Gasteiger partial charge < -0.3 is 41.3 Å². The van der Waals surface area contributed by atoms with E-state index >= 15 is 0 Å². The second-order valence-electron chi connectivity index (χ2n) is 1.63. The molecule has 0 atom stereocenters. The number of hydrogen-bond donors (Lipinski definition) is 4. The van der Waals surface area contributed by atoms with Crippen LogP contribution < -0.4 is 75.5 Å². The molecule has 0 aromatic rings. The van der Waals surface area contributed by atoms with Crippen LogP contribution in [0.1, 0.15) is 15.3 Å². The normalized spacial score (nSPS) is 5.60. The molecule has 0 aromatic heterocycles. The van der Waals surface area contributed by atoms with Crippen molar-refractivity contribution in [3.8, 4) is 0 Å². The molecule has 15 heavy (non-hydrogen) atoms. The first-order chi connectivity index (χ1) is 5.20. The average Bonchev–Trinajstić information content (AvgIpc) is 1.54. The molecule has 8 nitrogen and oxygen atoms in total. The summed E-state index contributed by atoms with van der Waals surface area (Å²) in [5, 5.41) is 38.7. The molecule has 0 aromatic carbocycles. The van der Waals surface area contributed by atoms with Crippen molar-refractivity contribution < 1.29 is 95.7 Å². The SMILES string of the molecule is CC(C)O.N.O=C([O-])O.O=C([O-])O.[H].[Na+].[Na+]. The van der Waals surface area contributed by atoms with Crippen LogP contribution in [-0.2, 0) is 0 Å². The van der Waals surface area contributed by atoms with E-state index in [1.54, 1.807) is 13.8 Å². The zero-order chi connectivity index (χ0) is 10.7. The van der Waals surface area contributed by atoms with Gasteiger partial charge in [0.1, 0.15) is 0 Å². The van der Waals surface area contributed by atoms with Gasteiger partial charge in [-0.05, 0) is 13.8 Å². The van der Waals surface area contributed by atoms with Crippen LogP contribution in [0.3, 0.4) is 0 Å². The Balaban J connectivity index is -0.0000000135. The van der Waals surface area contributed by atoms with Crippen LogP contribution in [0, 0.1) is 0 Å². The quantitative estimate of drug-likeness (QED) is 0.304. The summed E-state index contributed by atoms with van der Waals surface area (Å²) in [5.74, 6) is 0. The number of aliphatic hydroxyl groups excluding tert-OH is 1. The molecule has 0 fully saturated rings. The Morgan fingerprint density at radius 3 is 1.07 bits per heavy atom. The van der Waals surface area contributed by atoms with E-state index < -0.39 is 12.3 Å². The molecule has 0 heterocycles. The Labute approximate surface area is 133 Å². The predicted molar refractivity (Wildman–Crippen MR) is 39.5 cm³/mol. The second kappa shape index (κ2) is 29.3. The van der Waals surface area contributed by atoms with Gasteiger partial charge in [-0.15, -0.1) is 0 Å². The smallest absolute Gasteiger partial charge is 0.565 e. The van der Waals surface area contributed by atoms with Crippen molar-refractivity contribution >= 4 is 12.3 Å². The van der Waals surface area contributed by atoms with Gasteiger partial charge in [0.25, 0.3) is 0 Å². The summed E-state index contributed by atoms with van der Waals surface area (Å²) in [6, 6.07) is 0. The largest absolute Gasteiger partial charge is 1.00 e. The van der Waals surface area contributed by atoms with Gasteiger partial charge in [0, 0.05) is 7.53 Å². The van der Waals surface area contributed by atoms with Gasteiger partial charge in [-0.25, -0.2) is 0 Å². The topological polar surface area (TPSA) is 176 Å². The molecule has 0 spiro atoms. The van der Waals surface area contributed by atoms with Crippen molar-refractivity contribution in [3.05, 3.63) is 0 Å². The summed E-state index contributed by atoms with van der Waals surface area (Å²) in [4.78, 5) is 16.9. The summed E-state index contributed by atoms with van der Waals surface area (Å²) in [5.41, 5.74) is 0. The summed E-state index contributed by atoms with van der Waals surface area (Å²) in [6.45, 7) is 3.44. The van der Waals surface area contributed by atoms with E-state index in [9.17, 15) is 0 Å². The van der Waals surface area contributed by atoms with Crippen LogP contribution in [-0.4, -0.2) is 33.7 Å². The minimum Gasteiger partial charge on any atom is -0.565 e. The minimum atomic E-state index is -2.08. The molecule has 0 saturated heterocycles. The van der Waals surface area contributed by atoms with Crippen molar-refractivity contribution in [1.29, 1.82) is 0 Å². The summed E-state index contributed by atoms with van der Waals surface area (Å²) >= 11 is 0. The molecule has 6 N–H and O–H groups in total. The molecule has 1 radical (unpaired) electrons. The monoisotopic (exact) mass is 246 g/mol. The first kappa shape index (κ1) is 36.1. The standard InChI is InChI=1S/C3H8O.2CH2O3.H3N.2Na.H/c1-3(2)4;2*2-1(3)4;;;;/h3-4H,1-2H3;2*(H2,2,3,4);1H3;;;/q;;;;2*+1;/p-2. The zero-order valence-electron chi connectivity index (χ0n) is 10.3. The molecule has 0 aliphatic carbocycles.